The zero-order valence-corrected chi connectivity index (χ0v) is 15.0. The molecule has 0 spiro atoms. The predicted molar refractivity (Wildman–Crippen MR) is 98.4 cm³/mol. The molecule has 1 unspecified atom stereocenters. The maximum Gasteiger partial charge on any atom is 0.324 e. The predicted octanol–water partition coefficient (Wildman–Crippen LogP) is 0.864. The Hall–Kier alpha value is -2.61. The summed E-state index contributed by atoms with van der Waals surface area (Å²) in [6.45, 7) is 4.92. The second kappa shape index (κ2) is 6.95. The van der Waals surface area contributed by atoms with Crippen LogP contribution in [0.2, 0.25) is 0 Å². The van der Waals surface area contributed by atoms with Crippen molar-refractivity contribution in [3.63, 3.8) is 0 Å². The van der Waals surface area contributed by atoms with E-state index in [1.165, 1.54) is 0 Å². The van der Waals surface area contributed by atoms with Crippen LogP contribution >= 0.6 is 0 Å². The minimum Gasteiger partial charge on any atom is -0.326 e. The fraction of sp³-hybridized carbons (Fsp3) is 0.500. The van der Waals surface area contributed by atoms with Crippen molar-refractivity contribution in [1.29, 1.82) is 0 Å². The van der Waals surface area contributed by atoms with Crippen LogP contribution in [0.1, 0.15) is 12.5 Å². The van der Waals surface area contributed by atoms with Crippen molar-refractivity contribution < 1.29 is 4.79 Å². The van der Waals surface area contributed by atoms with Crippen molar-refractivity contribution in [3.05, 3.63) is 47.1 Å². The Kier molecular flexibility index (Phi) is 4.50. The van der Waals surface area contributed by atoms with Gasteiger partial charge in [0.05, 0.1) is 17.9 Å². The van der Waals surface area contributed by atoms with Gasteiger partial charge in [0, 0.05) is 64.8 Å². The van der Waals surface area contributed by atoms with Crippen molar-refractivity contribution in [1.82, 2.24) is 24.1 Å². The van der Waals surface area contributed by atoms with Crippen LogP contribution in [-0.4, -0.2) is 69.9 Å². The molecule has 0 aromatic carbocycles. The molecule has 4 heterocycles. The molecular weight excluding hydrogens is 332 g/mol. The maximum atomic E-state index is 12.1. The van der Waals surface area contributed by atoms with Gasteiger partial charge in [-0.3, -0.25) is 19.3 Å². The lowest BCUT2D eigenvalue weighted by molar-refractivity contribution is 0.229. The molecule has 0 radical (unpaired) electrons. The number of hydrogen-bond acceptors (Lipinski definition) is 4. The van der Waals surface area contributed by atoms with Gasteiger partial charge in [-0.25, -0.2) is 4.79 Å². The third kappa shape index (κ3) is 3.24. The summed E-state index contributed by atoms with van der Waals surface area (Å²) in [5, 5.41) is 4.49. The Labute approximate surface area is 152 Å². The third-order valence-electron chi connectivity index (χ3n) is 5.29. The summed E-state index contributed by atoms with van der Waals surface area (Å²) in [6, 6.07) is 5.59. The first-order valence-electron chi connectivity index (χ1n) is 9.06. The molecule has 8 nitrogen and oxygen atoms in total. The van der Waals surface area contributed by atoms with E-state index < -0.39 is 0 Å². The molecule has 2 aliphatic rings. The van der Waals surface area contributed by atoms with E-state index in [1.54, 1.807) is 32.7 Å². The molecule has 138 valence electrons. The topological polar surface area (TPSA) is 66.6 Å². The van der Waals surface area contributed by atoms with Crippen LogP contribution in [0.25, 0.3) is 0 Å². The molecule has 26 heavy (non-hydrogen) atoms. The van der Waals surface area contributed by atoms with E-state index in [1.807, 2.05) is 30.2 Å². The molecule has 0 saturated carbocycles. The normalized spacial score (nSPS) is 21.1. The standard InChI is InChI=1S/C18H24N6O2/c1-20-8-11-23(18(20)26)16-12-19-24(14-16)15-5-7-21(13-15)9-10-22-6-3-2-4-17(22)25/h2-4,6,12,14-15H,5,7-11,13H2,1H3. The lowest BCUT2D eigenvalue weighted by atomic mass is 10.3. The number of hydrogen-bond donors (Lipinski definition) is 0. The van der Waals surface area contributed by atoms with Crippen LogP contribution in [0.4, 0.5) is 10.5 Å². The van der Waals surface area contributed by atoms with Crippen molar-refractivity contribution in [2.45, 2.75) is 19.0 Å². The van der Waals surface area contributed by atoms with Crippen molar-refractivity contribution in [2.24, 2.45) is 0 Å². The van der Waals surface area contributed by atoms with Gasteiger partial charge in [-0.1, -0.05) is 6.07 Å². The van der Waals surface area contributed by atoms with Gasteiger partial charge in [0.2, 0.25) is 0 Å². The van der Waals surface area contributed by atoms with Crippen LogP contribution in [0.15, 0.2) is 41.6 Å². The first kappa shape index (κ1) is 16.8. The summed E-state index contributed by atoms with van der Waals surface area (Å²) < 4.78 is 3.73. The van der Waals surface area contributed by atoms with E-state index in [0.717, 1.165) is 38.3 Å². The number of likely N-dealkylation sites (N-methyl/N-ethyl adjacent to an activating group) is 1. The van der Waals surface area contributed by atoms with Gasteiger partial charge in [-0.2, -0.15) is 5.10 Å². The van der Waals surface area contributed by atoms with Gasteiger partial charge in [0.1, 0.15) is 0 Å². The molecule has 2 saturated heterocycles. The number of urea groups is 1. The number of carbonyl (C=O) groups excluding carboxylic acids is 1. The van der Waals surface area contributed by atoms with E-state index in [0.29, 0.717) is 19.1 Å². The molecule has 2 aliphatic heterocycles. The molecule has 2 fully saturated rings. The second-order valence-electron chi connectivity index (χ2n) is 7.01. The van der Waals surface area contributed by atoms with Gasteiger partial charge in [0.25, 0.3) is 5.56 Å². The Bertz CT molecular complexity index is 844. The quantitative estimate of drug-likeness (QED) is 0.797. The zero-order chi connectivity index (χ0) is 18.1. The lowest BCUT2D eigenvalue weighted by Gasteiger charge is -2.17. The summed E-state index contributed by atoms with van der Waals surface area (Å²) in [5.74, 6) is 0. The van der Waals surface area contributed by atoms with Crippen molar-refractivity contribution in [2.75, 3.05) is 44.7 Å². The zero-order valence-electron chi connectivity index (χ0n) is 15.0. The van der Waals surface area contributed by atoms with Crippen LogP contribution in [0.5, 0.6) is 0 Å². The molecule has 4 rings (SSSR count). The molecule has 8 heteroatoms. The SMILES string of the molecule is CN1CCN(c2cnn(C3CCN(CCn4ccccc4=O)C3)c2)C1=O. The van der Waals surface area contributed by atoms with Crippen LogP contribution in [-0.2, 0) is 6.54 Å². The van der Waals surface area contributed by atoms with Gasteiger partial charge in [0.15, 0.2) is 0 Å². The highest BCUT2D eigenvalue weighted by Gasteiger charge is 2.29. The van der Waals surface area contributed by atoms with Crippen LogP contribution in [0.3, 0.4) is 0 Å². The summed E-state index contributed by atoms with van der Waals surface area (Å²) in [5.41, 5.74) is 0.911. The number of anilines is 1. The van der Waals surface area contributed by atoms with E-state index >= 15 is 0 Å². The van der Waals surface area contributed by atoms with Crippen LogP contribution < -0.4 is 10.5 Å². The monoisotopic (exact) mass is 356 g/mol. The average molecular weight is 356 g/mol. The Balaban J connectivity index is 1.35. The summed E-state index contributed by atoms with van der Waals surface area (Å²) in [6.07, 6.45) is 6.62. The van der Waals surface area contributed by atoms with E-state index in [-0.39, 0.29) is 11.6 Å². The Morgan fingerprint density at radius 1 is 1.15 bits per heavy atom. The number of nitrogens with zero attached hydrogens (tertiary/aromatic N) is 6. The van der Waals surface area contributed by atoms with Gasteiger partial charge < -0.3 is 9.47 Å². The molecule has 2 amide bonds. The fourth-order valence-corrected chi connectivity index (χ4v) is 3.68. The first-order valence-corrected chi connectivity index (χ1v) is 9.06. The largest absolute Gasteiger partial charge is 0.326 e. The van der Waals surface area contributed by atoms with Crippen LogP contribution in [0, 0.1) is 0 Å². The van der Waals surface area contributed by atoms with Crippen molar-refractivity contribution in [3.8, 4) is 0 Å². The van der Waals surface area contributed by atoms with Gasteiger partial charge >= 0.3 is 6.03 Å². The summed E-state index contributed by atoms with van der Waals surface area (Å²) in [4.78, 5) is 29.8. The smallest absolute Gasteiger partial charge is 0.324 e. The van der Waals surface area contributed by atoms with Gasteiger partial charge in [-0.15, -0.1) is 0 Å². The number of likely N-dealkylation sites (tertiary alicyclic amines) is 1. The number of amides is 2. The molecule has 2 aromatic heterocycles. The minimum atomic E-state index is 0.0332. The molecule has 0 bridgehead atoms. The highest BCUT2D eigenvalue weighted by molar-refractivity contribution is 5.93. The fourth-order valence-electron chi connectivity index (χ4n) is 3.68. The maximum absolute atomic E-state index is 12.1. The van der Waals surface area contributed by atoms with Gasteiger partial charge in [-0.05, 0) is 12.5 Å². The number of rotatable bonds is 5. The molecule has 0 N–H and O–H groups in total. The first-order chi connectivity index (χ1) is 12.6. The highest BCUT2D eigenvalue weighted by atomic mass is 16.2. The molecular formula is C18H24N6O2. The number of carbonyl (C=O) groups is 1. The van der Waals surface area contributed by atoms with E-state index in [2.05, 4.69) is 10.00 Å². The lowest BCUT2D eigenvalue weighted by Crippen LogP contribution is -2.29. The molecule has 1 atom stereocenters. The number of pyridine rings is 1. The van der Waals surface area contributed by atoms with E-state index in [9.17, 15) is 9.59 Å². The summed E-state index contributed by atoms with van der Waals surface area (Å²) >= 11 is 0. The minimum absolute atomic E-state index is 0.0332. The number of aromatic nitrogens is 3. The second-order valence-corrected chi connectivity index (χ2v) is 7.01. The third-order valence-corrected chi connectivity index (χ3v) is 5.29. The Morgan fingerprint density at radius 2 is 2.04 bits per heavy atom. The molecule has 2 aromatic rings. The average Bonchev–Trinajstić information content (AvgIpc) is 3.36. The highest BCUT2D eigenvalue weighted by Crippen LogP contribution is 2.25. The van der Waals surface area contributed by atoms with E-state index in [4.69, 9.17) is 0 Å². The van der Waals surface area contributed by atoms with Crippen molar-refractivity contribution >= 4 is 11.7 Å². The summed E-state index contributed by atoms with van der Waals surface area (Å²) in [7, 11) is 1.82. The Morgan fingerprint density at radius 3 is 2.81 bits per heavy atom. The molecule has 0 aliphatic carbocycles.